The van der Waals surface area contributed by atoms with Crippen LogP contribution in [0.1, 0.15) is 17.4 Å². The molecule has 0 unspecified atom stereocenters. The molecule has 134 valence electrons. The summed E-state index contributed by atoms with van der Waals surface area (Å²) in [6, 6.07) is 2.20. The molecule has 1 aromatic heterocycles. The number of aromatic nitrogens is 1. The Morgan fingerprint density at radius 3 is 2.72 bits per heavy atom. The van der Waals surface area contributed by atoms with Gasteiger partial charge in [-0.05, 0) is 19.1 Å². The van der Waals surface area contributed by atoms with Gasteiger partial charge in [-0.2, -0.15) is 0 Å². The highest BCUT2D eigenvalue weighted by molar-refractivity contribution is 6.36. The molecule has 2 rings (SSSR count). The number of amides is 1. The van der Waals surface area contributed by atoms with E-state index in [0.717, 1.165) is 6.07 Å². The lowest BCUT2D eigenvalue weighted by Crippen LogP contribution is -2.44. The standard InChI is InChI=1S/C15H13Cl2FN2O5/c1-2-24-15(23)12(6-21)19-14(22)11-5-13(25-20-11)7-3-10(18)9(17)4-8(7)16/h3-5,12,21H,2,6H2,1H3,(H,19,22)/t12-/m0/s1. The van der Waals surface area contributed by atoms with E-state index in [0.29, 0.717) is 0 Å². The Hall–Kier alpha value is -2.16. The monoisotopic (exact) mass is 390 g/mol. The number of rotatable bonds is 6. The Morgan fingerprint density at radius 1 is 1.36 bits per heavy atom. The number of hydrogen-bond acceptors (Lipinski definition) is 6. The van der Waals surface area contributed by atoms with E-state index in [-0.39, 0.29) is 33.7 Å². The lowest BCUT2D eigenvalue weighted by molar-refractivity contribution is -0.146. The van der Waals surface area contributed by atoms with Gasteiger partial charge in [-0.25, -0.2) is 9.18 Å². The fourth-order valence-corrected chi connectivity index (χ4v) is 2.35. The predicted octanol–water partition coefficient (Wildman–Crippen LogP) is 2.44. The molecule has 0 saturated heterocycles. The number of esters is 1. The zero-order valence-corrected chi connectivity index (χ0v) is 14.4. The number of carbonyl (C=O) groups is 2. The third-order valence-electron chi connectivity index (χ3n) is 3.08. The number of hydrogen-bond donors (Lipinski definition) is 2. The van der Waals surface area contributed by atoms with Crippen molar-refractivity contribution in [3.05, 3.63) is 39.8 Å². The Kier molecular flexibility index (Phi) is 6.35. The fourth-order valence-electron chi connectivity index (χ4n) is 1.87. The van der Waals surface area contributed by atoms with E-state index in [4.69, 9.17) is 37.6 Å². The van der Waals surface area contributed by atoms with E-state index < -0.39 is 30.3 Å². The summed E-state index contributed by atoms with van der Waals surface area (Å²) in [6.07, 6.45) is 0. The van der Waals surface area contributed by atoms with Crippen molar-refractivity contribution < 1.29 is 28.3 Å². The smallest absolute Gasteiger partial charge is 0.331 e. The molecule has 7 nitrogen and oxygen atoms in total. The molecule has 0 spiro atoms. The molecule has 0 bridgehead atoms. The summed E-state index contributed by atoms with van der Waals surface area (Å²) in [7, 11) is 0. The summed E-state index contributed by atoms with van der Waals surface area (Å²) >= 11 is 11.6. The van der Waals surface area contributed by atoms with E-state index in [1.54, 1.807) is 6.92 Å². The van der Waals surface area contributed by atoms with E-state index >= 15 is 0 Å². The van der Waals surface area contributed by atoms with Crippen molar-refractivity contribution in [1.82, 2.24) is 10.5 Å². The lowest BCUT2D eigenvalue weighted by atomic mass is 10.1. The van der Waals surface area contributed by atoms with Crippen LogP contribution in [0.25, 0.3) is 11.3 Å². The normalized spacial score (nSPS) is 11.9. The summed E-state index contributed by atoms with van der Waals surface area (Å²) < 4.78 is 23.3. The molecule has 0 aliphatic rings. The van der Waals surface area contributed by atoms with E-state index in [1.807, 2.05) is 0 Å². The van der Waals surface area contributed by atoms with E-state index in [9.17, 15) is 14.0 Å². The minimum atomic E-state index is -1.25. The second-order valence-electron chi connectivity index (χ2n) is 4.78. The van der Waals surface area contributed by atoms with Crippen LogP contribution >= 0.6 is 23.2 Å². The van der Waals surface area contributed by atoms with Crippen molar-refractivity contribution in [2.45, 2.75) is 13.0 Å². The molecule has 0 aliphatic carbocycles. The zero-order chi connectivity index (χ0) is 18.6. The molecule has 0 saturated carbocycles. The van der Waals surface area contributed by atoms with Crippen molar-refractivity contribution in [2.75, 3.05) is 13.2 Å². The van der Waals surface area contributed by atoms with Gasteiger partial charge in [0.15, 0.2) is 17.5 Å². The van der Waals surface area contributed by atoms with Crippen molar-refractivity contribution in [1.29, 1.82) is 0 Å². The highest BCUT2D eigenvalue weighted by Crippen LogP contribution is 2.32. The van der Waals surface area contributed by atoms with E-state index in [2.05, 4.69) is 10.5 Å². The molecule has 1 heterocycles. The fraction of sp³-hybridized carbons (Fsp3) is 0.267. The molecule has 10 heteroatoms. The van der Waals surface area contributed by atoms with Gasteiger partial charge in [0.05, 0.1) is 23.3 Å². The average Bonchev–Trinajstić information content (AvgIpc) is 3.05. The highest BCUT2D eigenvalue weighted by atomic mass is 35.5. The summed E-state index contributed by atoms with van der Waals surface area (Å²) in [4.78, 5) is 23.7. The van der Waals surface area contributed by atoms with Crippen molar-refractivity contribution in [3.8, 4) is 11.3 Å². The van der Waals surface area contributed by atoms with Crippen LogP contribution in [-0.2, 0) is 9.53 Å². The highest BCUT2D eigenvalue weighted by Gasteiger charge is 2.24. The minimum absolute atomic E-state index is 0.0300. The summed E-state index contributed by atoms with van der Waals surface area (Å²) in [6.45, 7) is 1.04. The Balaban J connectivity index is 2.19. The van der Waals surface area contributed by atoms with Crippen molar-refractivity contribution in [2.24, 2.45) is 0 Å². The van der Waals surface area contributed by atoms with Crippen LogP contribution in [-0.4, -0.2) is 41.4 Å². The Morgan fingerprint density at radius 2 is 2.08 bits per heavy atom. The number of nitrogens with one attached hydrogen (secondary N) is 1. The molecule has 0 aliphatic heterocycles. The number of ether oxygens (including phenoxy) is 1. The van der Waals surface area contributed by atoms with Gasteiger partial charge in [-0.1, -0.05) is 28.4 Å². The molecule has 2 aromatic rings. The van der Waals surface area contributed by atoms with Crippen LogP contribution in [0, 0.1) is 5.82 Å². The number of aliphatic hydroxyl groups is 1. The topological polar surface area (TPSA) is 102 Å². The number of halogens is 3. The maximum absolute atomic E-state index is 13.6. The first kappa shape index (κ1) is 19.2. The summed E-state index contributed by atoms with van der Waals surface area (Å²) in [5, 5.41) is 14.9. The number of carbonyl (C=O) groups excluding carboxylic acids is 2. The molecule has 2 N–H and O–H groups in total. The molecule has 1 amide bonds. The lowest BCUT2D eigenvalue weighted by Gasteiger charge is -2.13. The molecule has 0 fully saturated rings. The van der Waals surface area contributed by atoms with Crippen LogP contribution in [0.5, 0.6) is 0 Å². The van der Waals surface area contributed by atoms with Gasteiger partial charge in [0.1, 0.15) is 5.82 Å². The second kappa shape index (κ2) is 8.28. The molecule has 0 radical (unpaired) electrons. The van der Waals surface area contributed by atoms with E-state index in [1.165, 1.54) is 12.1 Å². The van der Waals surface area contributed by atoms with Crippen LogP contribution in [0.3, 0.4) is 0 Å². The minimum Gasteiger partial charge on any atom is -0.464 e. The number of benzene rings is 1. The molecular formula is C15H13Cl2FN2O5. The van der Waals surface area contributed by atoms with Gasteiger partial charge in [-0.3, -0.25) is 4.79 Å². The van der Waals surface area contributed by atoms with Gasteiger partial charge < -0.3 is 19.7 Å². The van der Waals surface area contributed by atoms with Crippen LogP contribution in [0.15, 0.2) is 22.7 Å². The summed E-state index contributed by atoms with van der Waals surface area (Å²) in [5.41, 5.74) is -0.0385. The SMILES string of the molecule is CCOC(=O)[C@H](CO)NC(=O)c1cc(-c2cc(F)c(Cl)cc2Cl)on1. The van der Waals surface area contributed by atoms with Crippen LogP contribution in [0.4, 0.5) is 4.39 Å². The largest absolute Gasteiger partial charge is 0.464 e. The van der Waals surface area contributed by atoms with Crippen LogP contribution < -0.4 is 5.32 Å². The molecule has 1 aromatic carbocycles. The third kappa shape index (κ3) is 4.47. The van der Waals surface area contributed by atoms with Gasteiger partial charge in [0, 0.05) is 11.6 Å². The average molecular weight is 391 g/mol. The first-order chi connectivity index (χ1) is 11.9. The molecule has 25 heavy (non-hydrogen) atoms. The molecular weight excluding hydrogens is 378 g/mol. The van der Waals surface area contributed by atoms with Gasteiger partial charge in [0.25, 0.3) is 5.91 Å². The first-order valence-corrected chi connectivity index (χ1v) is 7.83. The molecule has 1 atom stereocenters. The van der Waals surface area contributed by atoms with Gasteiger partial charge >= 0.3 is 5.97 Å². The van der Waals surface area contributed by atoms with Crippen molar-refractivity contribution >= 4 is 35.1 Å². The second-order valence-corrected chi connectivity index (χ2v) is 5.60. The van der Waals surface area contributed by atoms with Crippen LogP contribution in [0.2, 0.25) is 10.0 Å². The maximum atomic E-state index is 13.6. The third-order valence-corrected chi connectivity index (χ3v) is 3.68. The van der Waals surface area contributed by atoms with Gasteiger partial charge in [0.2, 0.25) is 0 Å². The quantitative estimate of drug-likeness (QED) is 0.580. The van der Waals surface area contributed by atoms with Crippen molar-refractivity contribution in [3.63, 3.8) is 0 Å². The predicted molar refractivity (Wildman–Crippen MR) is 86.9 cm³/mol. The maximum Gasteiger partial charge on any atom is 0.331 e. The number of nitrogens with zero attached hydrogens (tertiary/aromatic N) is 1. The Bertz CT molecular complexity index is 796. The first-order valence-electron chi connectivity index (χ1n) is 7.07. The number of aliphatic hydroxyl groups excluding tert-OH is 1. The Labute approximate surface area is 151 Å². The summed E-state index contributed by atoms with van der Waals surface area (Å²) in [5.74, 6) is -2.26. The van der Waals surface area contributed by atoms with Gasteiger partial charge in [-0.15, -0.1) is 0 Å². The zero-order valence-electron chi connectivity index (χ0n) is 12.9.